The molecule has 0 radical (unpaired) electrons. The van der Waals surface area contributed by atoms with Crippen LogP contribution >= 0.6 is 0 Å². The third-order valence-corrected chi connectivity index (χ3v) is 2.97. The number of carbonyl (C=O) groups excluding carboxylic acids is 3. The molecule has 0 atom stereocenters. The number of carbonyl (C=O) groups is 3. The van der Waals surface area contributed by atoms with Gasteiger partial charge in [0.15, 0.2) is 0 Å². The summed E-state index contributed by atoms with van der Waals surface area (Å²) in [5, 5.41) is 0. The van der Waals surface area contributed by atoms with E-state index in [-0.39, 0.29) is 12.8 Å². The van der Waals surface area contributed by atoms with Crippen LogP contribution in [0.2, 0.25) is 0 Å². The van der Waals surface area contributed by atoms with Crippen molar-refractivity contribution in [2.45, 2.75) is 52.2 Å². The van der Waals surface area contributed by atoms with Crippen LogP contribution in [0.5, 0.6) is 0 Å². The number of Topliss-reactive ketones (excluding diaryl/α,β-unsaturated/α-hetero) is 1. The Bertz CT molecular complexity index is 501. The van der Waals surface area contributed by atoms with Gasteiger partial charge in [0.2, 0.25) is 5.78 Å². The van der Waals surface area contributed by atoms with E-state index >= 15 is 0 Å². The molecule has 0 fully saturated rings. The first kappa shape index (κ1) is 17.9. The molecule has 0 bridgehead atoms. The van der Waals surface area contributed by atoms with E-state index in [0.717, 1.165) is 0 Å². The van der Waals surface area contributed by atoms with Crippen LogP contribution < -0.4 is 0 Å². The summed E-state index contributed by atoms with van der Waals surface area (Å²) in [5.41, 5.74) is 0.318. The van der Waals surface area contributed by atoms with Crippen LogP contribution in [0.3, 0.4) is 0 Å². The van der Waals surface area contributed by atoms with Gasteiger partial charge in [0.25, 0.3) is 0 Å². The summed E-state index contributed by atoms with van der Waals surface area (Å²) in [6.07, 6.45) is 1.47. The molecule has 0 saturated carbocycles. The molecule has 0 spiro atoms. The van der Waals surface area contributed by atoms with Crippen LogP contribution in [0, 0.1) is 0 Å². The molecule has 0 heterocycles. The highest BCUT2D eigenvalue weighted by molar-refractivity contribution is 6.03. The van der Waals surface area contributed by atoms with E-state index in [2.05, 4.69) is 0 Å². The molecule has 0 unspecified atom stereocenters. The summed E-state index contributed by atoms with van der Waals surface area (Å²) in [4.78, 5) is 36.1. The smallest absolute Gasteiger partial charge is 0.318 e. The Morgan fingerprint density at radius 2 is 1.36 bits per heavy atom. The van der Waals surface area contributed by atoms with E-state index in [1.54, 1.807) is 30.3 Å². The van der Waals surface area contributed by atoms with Crippen molar-refractivity contribution in [3.8, 4) is 0 Å². The summed E-state index contributed by atoms with van der Waals surface area (Å²) in [6.45, 7) is 4.95. The van der Waals surface area contributed by atoms with Crippen LogP contribution in [-0.2, 0) is 19.1 Å². The Morgan fingerprint density at radius 3 is 1.77 bits per heavy atom. The standard InChI is InChI=1S/C17H22O5/c1-4-9-14(18)21-17(3,22-15(19)10-5-2)16(20)13-11-7-6-8-12-13/h6-8,11-12H,4-5,9-10H2,1-3H3. The molecule has 1 aromatic rings. The minimum Gasteiger partial charge on any atom is -0.415 e. The number of benzene rings is 1. The molecular formula is C17H22O5. The Labute approximate surface area is 130 Å². The number of hydrogen-bond acceptors (Lipinski definition) is 5. The van der Waals surface area contributed by atoms with Gasteiger partial charge in [-0.25, -0.2) is 0 Å². The zero-order valence-corrected chi connectivity index (χ0v) is 13.3. The third kappa shape index (κ3) is 4.98. The van der Waals surface area contributed by atoms with Gasteiger partial charge in [0, 0.05) is 25.3 Å². The van der Waals surface area contributed by atoms with Crippen molar-refractivity contribution in [1.82, 2.24) is 0 Å². The van der Waals surface area contributed by atoms with E-state index in [0.29, 0.717) is 18.4 Å². The molecule has 0 aliphatic rings. The van der Waals surface area contributed by atoms with Gasteiger partial charge in [-0.15, -0.1) is 0 Å². The van der Waals surface area contributed by atoms with E-state index in [4.69, 9.17) is 9.47 Å². The molecule has 5 heteroatoms. The van der Waals surface area contributed by atoms with Crippen molar-refractivity contribution in [1.29, 1.82) is 0 Å². The summed E-state index contributed by atoms with van der Waals surface area (Å²) < 4.78 is 10.4. The van der Waals surface area contributed by atoms with Gasteiger partial charge >= 0.3 is 17.7 Å². The third-order valence-electron chi connectivity index (χ3n) is 2.97. The van der Waals surface area contributed by atoms with E-state index in [1.165, 1.54) is 6.92 Å². The molecule has 22 heavy (non-hydrogen) atoms. The van der Waals surface area contributed by atoms with Gasteiger partial charge in [-0.1, -0.05) is 44.2 Å². The molecule has 0 amide bonds. The monoisotopic (exact) mass is 306 g/mol. The summed E-state index contributed by atoms with van der Waals surface area (Å²) >= 11 is 0. The zero-order chi connectivity index (χ0) is 16.6. The van der Waals surface area contributed by atoms with Gasteiger partial charge in [-0.3, -0.25) is 14.4 Å². The maximum atomic E-state index is 12.6. The number of ketones is 1. The fourth-order valence-electron chi connectivity index (χ4n) is 1.91. The SMILES string of the molecule is CCCC(=O)OC(C)(OC(=O)CCC)C(=O)c1ccccc1. The molecule has 0 aliphatic carbocycles. The van der Waals surface area contributed by atoms with Gasteiger partial charge < -0.3 is 9.47 Å². The van der Waals surface area contributed by atoms with Crippen molar-refractivity contribution < 1.29 is 23.9 Å². The molecule has 1 rings (SSSR count). The molecular weight excluding hydrogens is 284 g/mol. The average molecular weight is 306 g/mol. The lowest BCUT2D eigenvalue weighted by Crippen LogP contribution is -2.44. The van der Waals surface area contributed by atoms with Gasteiger partial charge in [0.05, 0.1) is 0 Å². The molecule has 0 saturated heterocycles. The van der Waals surface area contributed by atoms with Gasteiger partial charge in [0.1, 0.15) is 0 Å². The van der Waals surface area contributed by atoms with E-state index in [9.17, 15) is 14.4 Å². The maximum absolute atomic E-state index is 12.6. The fraction of sp³-hybridized carbons (Fsp3) is 0.471. The first-order valence-electron chi connectivity index (χ1n) is 7.46. The highest BCUT2D eigenvalue weighted by Gasteiger charge is 2.41. The lowest BCUT2D eigenvalue weighted by Gasteiger charge is -2.27. The number of hydrogen-bond donors (Lipinski definition) is 0. The van der Waals surface area contributed by atoms with Gasteiger partial charge in [-0.2, -0.15) is 0 Å². The van der Waals surface area contributed by atoms with Crippen molar-refractivity contribution in [3.63, 3.8) is 0 Å². The highest BCUT2D eigenvalue weighted by Crippen LogP contribution is 2.22. The van der Waals surface area contributed by atoms with Crippen molar-refractivity contribution >= 4 is 17.7 Å². The molecule has 1 aromatic carbocycles. The first-order valence-corrected chi connectivity index (χ1v) is 7.46. The zero-order valence-electron chi connectivity index (χ0n) is 13.3. The Hall–Kier alpha value is -2.17. The quantitative estimate of drug-likeness (QED) is 0.419. The van der Waals surface area contributed by atoms with Crippen LogP contribution in [-0.4, -0.2) is 23.5 Å². The molecule has 5 nitrogen and oxygen atoms in total. The summed E-state index contributed by atoms with van der Waals surface area (Å²) in [5.74, 6) is -3.63. The number of ether oxygens (including phenoxy) is 2. The Balaban J connectivity index is 3.01. The van der Waals surface area contributed by atoms with Crippen LogP contribution in [0.4, 0.5) is 0 Å². The van der Waals surface area contributed by atoms with Crippen LogP contribution in [0.25, 0.3) is 0 Å². The molecule has 120 valence electrons. The van der Waals surface area contributed by atoms with Crippen molar-refractivity contribution in [2.24, 2.45) is 0 Å². The predicted molar refractivity (Wildman–Crippen MR) is 81.2 cm³/mol. The average Bonchev–Trinajstić information content (AvgIpc) is 2.47. The molecule has 0 N–H and O–H groups in total. The Kier molecular flexibility index (Phi) is 6.76. The van der Waals surface area contributed by atoms with Crippen LogP contribution in [0.1, 0.15) is 56.8 Å². The number of rotatable bonds is 8. The van der Waals surface area contributed by atoms with Crippen molar-refractivity contribution in [2.75, 3.05) is 0 Å². The molecule has 0 aliphatic heterocycles. The topological polar surface area (TPSA) is 69.7 Å². The Morgan fingerprint density at radius 1 is 0.909 bits per heavy atom. The predicted octanol–water partition coefficient (Wildman–Crippen LogP) is 3.27. The van der Waals surface area contributed by atoms with Crippen LogP contribution in [0.15, 0.2) is 30.3 Å². The lowest BCUT2D eigenvalue weighted by atomic mass is 10.0. The largest absolute Gasteiger partial charge is 0.415 e. The highest BCUT2D eigenvalue weighted by atomic mass is 16.7. The van der Waals surface area contributed by atoms with Crippen molar-refractivity contribution in [3.05, 3.63) is 35.9 Å². The second-order valence-corrected chi connectivity index (χ2v) is 5.09. The summed E-state index contributed by atoms with van der Waals surface area (Å²) in [6, 6.07) is 8.31. The minimum absolute atomic E-state index is 0.156. The van der Waals surface area contributed by atoms with E-state index in [1.807, 2.05) is 13.8 Å². The first-order chi connectivity index (χ1) is 10.4. The molecule has 0 aromatic heterocycles. The fourth-order valence-corrected chi connectivity index (χ4v) is 1.91. The minimum atomic E-state index is -1.93. The van der Waals surface area contributed by atoms with Gasteiger partial charge in [-0.05, 0) is 12.8 Å². The second-order valence-electron chi connectivity index (χ2n) is 5.09. The van der Waals surface area contributed by atoms with E-state index < -0.39 is 23.5 Å². The second kappa shape index (κ2) is 8.32. The number of esters is 2. The lowest BCUT2D eigenvalue weighted by molar-refractivity contribution is -0.205. The normalized spacial score (nSPS) is 10.9. The summed E-state index contributed by atoms with van der Waals surface area (Å²) in [7, 11) is 0. The maximum Gasteiger partial charge on any atom is 0.318 e.